The molecule has 0 radical (unpaired) electrons. The average molecular weight is 931 g/mol. The molecule has 6 N–H and O–H groups in total. The van der Waals surface area contributed by atoms with Crippen molar-refractivity contribution in [3.8, 4) is 0 Å². The maximum atomic E-state index is 11.4. The van der Waals surface area contributed by atoms with Gasteiger partial charge in [0.15, 0.2) is 20.4 Å². The predicted molar refractivity (Wildman–Crippen MR) is 249 cm³/mol. The van der Waals surface area contributed by atoms with Crippen LogP contribution in [0.15, 0.2) is 72.9 Å². The van der Waals surface area contributed by atoms with E-state index in [2.05, 4.69) is 14.2 Å². The largest absolute Gasteiger partial charge is 0.478 e. The van der Waals surface area contributed by atoms with Crippen molar-refractivity contribution in [1.82, 2.24) is 0 Å². The summed E-state index contributed by atoms with van der Waals surface area (Å²) in [6.07, 6.45) is 46.4. The molecule has 0 amide bonds. The highest BCUT2D eigenvalue weighted by molar-refractivity contribution is 5.84. The lowest BCUT2D eigenvalue weighted by Gasteiger charge is -2.28. The van der Waals surface area contributed by atoms with Gasteiger partial charge in [0.2, 0.25) is 0 Å². The van der Waals surface area contributed by atoms with E-state index in [1.54, 1.807) is 36.5 Å². The van der Waals surface area contributed by atoms with E-state index in [-0.39, 0.29) is 0 Å². The molecule has 0 heterocycles. The van der Waals surface area contributed by atoms with Gasteiger partial charge in [0, 0.05) is 52.7 Å². The minimum atomic E-state index is -0.984. The van der Waals surface area contributed by atoms with Crippen LogP contribution in [-0.4, -0.2) is 86.8 Å². The summed E-state index contributed by atoms with van der Waals surface area (Å²) in [5, 5.41) is 52.5. The first-order valence-electron chi connectivity index (χ1n) is 23.9. The first-order chi connectivity index (χ1) is 31.7. The van der Waals surface area contributed by atoms with Crippen molar-refractivity contribution in [2.24, 2.45) is 16.2 Å². The number of rotatable bonds is 15. The average Bonchev–Trinajstić information content (AvgIpc) is 3.29. The molecule has 15 heteroatoms. The first kappa shape index (κ1) is 59.2. The van der Waals surface area contributed by atoms with E-state index in [4.69, 9.17) is 30.6 Å². The number of ether oxygens (including phenoxy) is 3. The van der Waals surface area contributed by atoms with Crippen LogP contribution < -0.4 is 0 Å². The van der Waals surface area contributed by atoms with Crippen LogP contribution in [-0.2, 0) is 43.0 Å². The normalized spacial score (nSPS) is 20.0. The summed E-state index contributed by atoms with van der Waals surface area (Å²) in [4.78, 5) is 66.9. The molecule has 0 unspecified atom stereocenters. The fourth-order valence-electron chi connectivity index (χ4n) is 8.67. The van der Waals surface area contributed by atoms with Crippen LogP contribution in [0.1, 0.15) is 173 Å². The third kappa shape index (κ3) is 29.6. The molecule has 3 fully saturated rings. The van der Waals surface area contributed by atoms with E-state index in [0.717, 1.165) is 134 Å². The minimum Gasteiger partial charge on any atom is -0.478 e. The summed E-state index contributed by atoms with van der Waals surface area (Å²) in [5.41, 5.74) is -1.28. The number of aliphatic hydroxyl groups excluding tert-OH is 3. The van der Waals surface area contributed by atoms with Crippen LogP contribution in [0.3, 0.4) is 0 Å². The molecule has 0 bridgehead atoms. The van der Waals surface area contributed by atoms with Gasteiger partial charge in [-0.15, -0.1) is 0 Å². The number of hydrogen-bond donors (Lipinski definition) is 6. The standard InChI is InChI=1S/3C17H26O5/c3*18-14-22-16(21)9-13-17(12-8-15(19)20)10-6-4-2-1-3-5-7-11-17/h3*8-9,12-13,18H,1-7,10-11,14H2,(H,19,20). The van der Waals surface area contributed by atoms with Gasteiger partial charge in [0.05, 0.1) is 0 Å². The molecule has 3 aliphatic rings. The van der Waals surface area contributed by atoms with Crippen molar-refractivity contribution >= 4 is 35.8 Å². The Kier molecular flexibility index (Phi) is 32.5. The van der Waals surface area contributed by atoms with Crippen LogP contribution in [0, 0.1) is 16.2 Å². The number of carboxylic acids is 3. The SMILES string of the molecule is O=C(O)C=CC1(C=CC(=O)OCO)CCCCCCCCC1.O=C(O)C=CC1(C=CC(=O)OCO)CCCCCCCCC1.O=C(O)C=CC1(C=CC(=O)OCO)CCCCCCCCC1. The van der Waals surface area contributed by atoms with Crippen molar-refractivity contribution in [2.75, 3.05) is 20.4 Å². The number of aliphatic hydroxyl groups is 3. The lowest BCUT2D eigenvalue weighted by molar-refractivity contribution is -0.146. The van der Waals surface area contributed by atoms with Gasteiger partial charge in [0.1, 0.15) is 0 Å². The maximum Gasteiger partial charge on any atom is 0.332 e. The van der Waals surface area contributed by atoms with Crippen LogP contribution >= 0.6 is 0 Å². The van der Waals surface area contributed by atoms with Gasteiger partial charge in [-0.3, -0.25) is 0 Å². The topological polar surface area (TPSA) is 251 Å². The second-order valence-electron chi connectivity index (χ2n) is 17.4. The number of carbonyl (C=O) groups excluding carboxylic acids is 3. The van der Waals surface area contributed by atoms with Crippen LogP contribution in [0.2, 0.25) is 0 Å². The molecule has 66 heavy (non-hydrogen) atoms. The summed E-state index contributed by atoms with van der Waals surface area (Å²) in [5.74, 6) is -4.78. The smallest absolute Gasteiger partial charge is 0.332 e. The number of allylic oxidation sites excluding steroid dienone is 6. The summed E-state index contributed by atoms with van der Waals surface area (Å²) in [6, 6.07) is 0. The van der Waals surface area contributed by atoms with Gasteiger partial charge >= 0.3 is 35.8 Å². The zero-order valence-corrected chi connectivity index (χ0v) is 39.0. The van der Waals surface area contributed by atoms with Gasteiger partial charge in [-0.05, 0) is 38.5 Å². The number of hydrogen-bond acceptors (Lipinski definition) is 12. The molecule has 3 aliphatic carbocycles. The fourth-order valence-corrected chi connectivity index (χ4v) is 8.67. The Morgan fingerprint density at radius 2 is 0.470 bits per heavy atom. The number of esters is 3. The summed E-state index contributed by atoms with van der Waals surface area (Å²) < 4.78 is 13.5. The third-order valence-corrected chi connectivity index (χ3v) is 12.3. The monoisotopic (exact) mass is 931 g/mol. The highest BCUT2D eigenvalue weighted by atomic mass is 16.6. The van der Waals surface area contributed by atoms with Gasteiger partial charge in [-0.25, -0.2) is 28.8 Å². The van der Waals surface area contributed by atoms with Crippen LogP contribution in [0.25, 0.3) is 0 Å². The molecule has 0 spiro atoms. The van der Waals surface area contributed by atoms with Crippen molar-refractivity contribution in [2.45, 2.75) is 173 Å². The molecule has 0 atom stereocenters. The summed E-state index contributed by atoms with van der Waals surface area (Å²) >= 11 is 0. The first-order valence-corrected chi connectivity index (χ1v) is 23.9. The van der Waals surface area contributed by atoms with Gasteiger partial charge in [-0.1, -0.05) is 171 Å². The number of carboxylic acid groups (broad SMARTS) is 3. The Labute approximate surface area is 391 Å². The minimum absolute atomic E-state index is 0.426. The quantitative estimate of drug-likeness (QED) is 0.0387. The zero-order valence-electron chi connectivity index (χ0n) is 39.0. The maximum absolute atomic E-state index is 11.4. The van der Waals surface area contributed by atoms with E-state index in [1.807, 2.05) is 0 Å². The molecule has 0 aromatic heterocycles. The summed E-state index contributed by atoms with van der Waals surface area (Å²) in [7, 11) is 0. The molecular formula is C51H78O15. The number of carbonyl (C=O) groups is 6. The van der Waals surface area contributed by atoms with Gasteiger partial charge < -0.3 is 44.8 Å². The molecule has 15 nitrogen and oxygen atoms in total. The lowest BCUT2D eigenvalue weighted by Crippen LogP contribution is -2.17. The molecule has 372 valence electrons. The zero-order chi connectivity index (χ0) is 48.8. The molecule has 0 aromatic carbocycles. The molecule has 0 aromatic rings. The van der Waals surface area contributed by atoms with E-state index >= 15 is 0 Å². The fraction of sp³-hybridized carbons (Fsp3) is 0.647. The van der Waals surface area contributed by atoms with Gasteiger partial charge in [-0.2, -0.15) is 0 Å². The Morgan fingerprint density at radius 1 is 0.303 bits per heavy atom. The molecule has 0 saturated heterocycles. The van der Waals surface area contributed by atoms with Gasteiger partial charge in [0.25, 0.3) is 0 Å². The lowest BCUT2D eigenvalue weighted by atomic mass is 9.76. The second kappa shape index (κ2) is 36.3. The molecule has 0 aliphatic heterocycles. The van der Waals surface area contributed by atoms with Crippen LogP contribution in [0.5, 0.6) is 0 Å². The van der Waals surface area contributed by atoms with E-state index in [1.165, 1.54) is 76.0 Å². The Bertz CT molecular complexity index is 1390. The molecule has 3 saturated carbocycles. The molecule has 3 rings (SSSR count). The Balaban J connectivity index is 0.000000495. The van der Waals surface area contributed by atoms with Crippen LogP contribution in [0.4, 0.5) is 0 Å². The Hall–Kier alpha value is -4.86. The van der Waals surface area contributed by atoms with Crippen molar-refractivity contribution in [3.05, 3.63) is 72.9 Å². The molecular weight excluding hydrogens is 853 g/mol. The summed E-state index contributed by atoms with van der Waals surface area (Å²) in [6.45, 7) is -1.95. The second-order valence-corrected chi connectivity index (χ2v) is 17.4. The third-order valence-electron chi connectivity index (χ3n) is 12.3. The Morgan fingerprint density at radius 3 is 0.636 bits per heavy atom. The highest BCUT2D eigenvalue weighted by Crippen LogP contribution is 2.39. The van der Waals surface area contributed by atoms with Crippen molar-refractivity contribution in [1.29, 1.82) is 0 Å². The van der Waals surface area contributed by atoms with E-state index in [0.29, 0.717) is 0 Å². The van der Waals surface area contributed by atoms with E-state index in [9.17, 15) is 28.8 Å². The van der Waals surface area contributed by atoms with Crippen molar-refractivity contribution in [3.63, 3.8) is 0 Å². The predicted octanol–water partition coefficient (Wildman–Crippen LogP) is 9.56. The number of aliphatic carboxylic acids is 3. The van der Waals surface area contributed by atoms with E-state index < -0.39 is 72.4 Å². The van der Waals surface area contributed by atoms with Crippen molar-refractivity contribution < 1.29 is 73.6 Å². The highest BCUT2D eigenvalue weighted by Gasteiger charge is 2.27.